The molecule has 0 radical (unpaired) electrons. The number of para-hydroxylation sites is 1. The van der Waals surface area contributed by atoms with E-state index in [0.29, 0.717) is 0 Å². The molecule has 0 saturated heterocycles. The standard InChI is InChI=1S/C32H35N7O3/c1-32(2,33)31(42)36-26(16-23-17-34-25-12-8-7-11-24(23)25)29(40)37-27-18-39(19-35-27)28(30(41)38(3)4)22-14-13-20-9-5-6-10-21(20)15-22/h5-15,17-19,26,28,34H,16,33H2,1-4H3,(H,36,42)(H,37,40). The van der Waals surface area contributed by atoms with Gasteiger partial charge in [0.05, 0.1) is 11.9 Å². The van der Waals surface area contributed by atoms with Gasteiger partial charge in [0.25, 0.3) is 0 Å². The Balaban J connectivity index is 1.42. The Morgan fingerprint density at radius 1 is 1.02 bits per heavy atom. The number of nitrogens with two attached hydrogens (primary N) is 1. The van der Waals surface area contributed by atoms with Crippen LogP contribution in [0.4, 0.5) is 5.82 Å². The predicted octanol–water partition coefficient (Wildman–Crippen LogP) is 3.60. The van der Waals surface area contributed by atoms with Crippen molar-refractivity contribution in [3.05, 3.63) is 96.6 Å². The number of benzene rings is 3. The van der Waals surface area contributed by atoms with E-state index >= 15 is 0 Å². The van der Waals surface area contributed by atoms with E-state index in [1.807, 2.05) is 72.9 Å². The number of likely N-dealkylation sites (N-methyl/N-ethyl adjacent to an activating group) is 1. The summed E-state index contributed by atoms with van der Waals surface area (Å²) in [4.78, 5) is 48.9. The number of H-pyrrole nitrogens is 1. The second-order valence-electron chi connectivity index (χ2n) is 11.2. The number of fused-ring (bicyclic) bond motifs is 2. The van der Waals surface area contributed by atoms with Crippen LogP contribution in [0.15, 0.2) is 85.5 Å². The summed E-state index contributed by atoms with van der Waals surface area (Å²) in [7, 11) is 3.40. The highest BCUT2D eigenvalue weighted by atomic mass is 16.2. The zero-order valence-electron chi connectivity index (χ0n) is 24.1. The highest BCUT2D eigenvalue weighted by Crippen LogP contribution is 2.26. The molecule has 2 atom stereocenters. The Morgan fingerprint density at radius 3 is 2.48 bits per heavy atom. The number of rotatable bonds is 9. The molecule has 3 aromatic carbocycles. The van der Waals surface area contributed by atoms with Crippen LogP contribution in [-0.2, 0) is 20.8 Å². The Hall–Kier alpha value is -4.96. The Bertz CT molecular complexity index is 1760. The monoisotopic (exact) mass is 565 g/mol. The number of anilines is 1. The molecule has 2 aromatic heterocycles. The van der Waals surface area contributed by atoms with Crippen LogP contribution in [0.3, 0.4) is 0 Å². The van der Waals surface area contributed by atoms with Crippen LogP contribution < -0.4 is 16.4 Å². The molecule has 0 aliphatic heterocycles. The van der Waals surface area contributed by atoms with Crippen molar-refractivity contribution in [3.63, 3.8) is 0 Å². The fourth-order valence-electron chi connectivity index (χ4n) is 4.89. The van der Waals surface area contributed by atoms with Crippen molar-refractivity contribution in [1.29, 1.82) is 0 Å². The number of amides is 3. The van der Waals surface area contributed by atoms with Crippen LogP contribution in [0.2, 0.25) is 0 Å². The number of imidazole rings is 1. The molecule has 10 heteroatoms. The van der Waals surface area contributed by atoms with Crippen LogP contribution in [0.5, 0.6) is 0 Å². The van der Waals surface area contributed by atoms with E-state index in [9.17, 15) is 14.4 Å². The lowest BCUT2D eigenvalue weighted by Gasteiger charge is -2.23. The van der Waals surface area contributed by atoms with Crippen molar-refractivity contribution in [2.45, 2.75) is 37.9 Å². The third kappa shape index (κ3) is 6.03. The van der Waals surface area contributed by atoms with Gasteiger partial charge in [0.2, 0.25) is 17.7 Å². The highest BCUT2D eigenvalue weighted by molar-refractivity contribution is 5.98. The number of carbonyl (C=O) groups excluding carboxylic acids is 3. The molecule has 5 aromatic rings. The molecule has 0 fully saturated rings. The van der Waals surface area contributed by atoms with Crippen molar-refractivity contribution in [2.75, 3.05) is 19.4 Å². The van der Waals surface area contributed by atoms with Gasteiger partial charge >= 0.3 is 0 Å². The van der Waals surface area contributed by atoms with Crippen molar-refractivity contribution >= 4 is 45.2 Å². The summed E-state index contributed by atoms with van der Waals surface area (Å²) >= 11 is 0. The second-order valence-corrected chi connectivity index (χ2v) is 11.2. The molecule has 42 heavy (non-hydrogen) atoms. The number of aromatic nitrogens is 3. The number of hydrogen-bond donors (Lipinski definition) is 4. The van der Waals surface area contributed by atoms with Crippen LogP contribution in [0.1, 0.15) is 31.0 Å². The summed E-state index contributed by atoms with van der Waals surface area (Å²) in [5.74, 6) is -0.803. The Labute approximate surface area is 243 Å². The smallest absolute Gasteiger partial charge is 0.249 e. The molecule has 0 bridgehead atoms. The second kappa shape index (κ2) is 11.5. The lowest BCUT2D eigenvalue weighted by Crippen LogP contribution is -2.55. The fraction of sp³-hybridized carbons (Fsp3) is 0.250. The minimum Gasteiger partial charge on any atom is -0.361 e. The molecule has 0 spiro atoms. The van der Waals surface area contributed by atoms with E-state index in [1.165, 1.54) is 11.2 Å². The Kier molecular flexibility index (Phi) is 7.82. The summed E-state index contributed by atoms with van der Waals surface area (Å²) < 4.78 is 1.68. The van der Waals surface area contributed by atoms with Gasteiger partial charge in [-0.2, -0.15) is 0 Å². The summed E-state index contributed by atoms with van der Waals surface area (Å²) in [6.45, 7) is 3.17. The molecule has 2 heterocycles. The van der Waals surface area contributed by atoms with Gasteiger partial charge in [0.1, 0.15) is 12.1 Å². The SMILES string of the molecule is CN(C)C(=O)C(c1ccc2ccccc2c1)n1cnc(NC(=O)C(Cc2c[nH]c3ccccc23)NC(=O)C(C)(C)N)c1. The zero-order valence-corrected chi connectivity index (χ0v) is 24.1. The molecular formula is C32H35N7O3. The molecule has 0 saturated carbocycles. The van der Waals surface area contributed by atoms with E-state index in [4.69, 9.17) is 5.73 Å². The quantitative estimate of drug-likeness (QED) is 0.216. The first-order valence-corrected chi connectivity index (χ1v) is 13.7. The lowest BCUT2D eigenvalue weighted by atomic mass is 10.0. The first kappa shape index (κ1) is 28.6. The van der Waals surface area contributed by atoms with Gasteiger partial charge in [-0.05, 0) is 47.9 Å². The molecule has 0 aliphatic rings. The maximum Gasteiger partial charge on any atom is 0.249 e. The molecule has 5 rings (SSSR count). The minimum absolute atomic E-state index is 0.143. The van der Waals surface area contributed by atoms with E-state index < -0.39 is 29.4 Å². The maximum atomic E-state index is 13.6. The van der Waals surface area contributed by atoms with Gasteiger partial charge in [-0.25, -0.2) is 4.98 Å². The summed E-state index contributed by atoms with van der Waals surface area (Å²) in [5, 5.41) is 8.66. The van der Waals surface area contributed by atoms with E-state index in [1.54, 1.807) is 38.7 Å². The molecule has 5 N–H and O–H groups in total. The van der Waals surface area contributed by atoms with E-state index in [0.717, 1.165) is 32.8 Å². The van der Waals surface area contributed by atoms with Gasteiger partial charge in [-0.15, -0.1) is 0 Å². The Morgan fingerprint density at radius 2 is 1.74 bits per heavy atom. The number of nitrogens with zero attached hydrogens (tertiary/aromatic N) is 3. The predicted molar refractivity (Wildman–Crippen MR) is 164 cm³/mol. The normalized spacial score (nSPS) is 13.1. The molecule has 0 aliphatic carbocycles. The van der Waals surface area contributed by atoms with E-state index in [-0.39, 0.29) is 18.1 Å². The molecular weight excluding hydrogens is 530 g/mol. The van der Waals surface area contributed by atoms with Crippen LogP contribution in [0, 0.1) is 0 Å². The maximum absolute atomic E-state index is 13.6. The van der Waals surface area contributed by atoms with Gasteiger partial charge in [-0.3, -0.25) is 14.4 Å². The number of carbonyl (C=O) groups is 3. The number of aromatic amines is 1. The summed E-state index contributed by atoms with van der Waals surface area (Å²) in [5.41, 5.74) is 7.44. The van der Waals surface area contributed by atoms with Crippen LogP contribution >= 0.6 is 0 Å². The van der Waals surface area contributed by atoms with Crippen molar-refractivity contribution < 1.29 is 14.4 Å². The third-order valence-electron chi connectivity index (χ3n) is 7.22. The third-order valence-corrected chi connectivity index (χ3v) is 7.22. The van der Waals surface area contributed by atoms with Gasteiger partial charge in [0.15, 0.2) is 5.82 Å². The average molecular weight is 566 g/mol. The van der Waals surface area contributed by atoms with Crippen LogP contribution in [0.25, 0.3) is 21.7 Å². The van der Waals surface area contributed by atoms with Crippen molar-refractivity contribution in [1.82, 2.24) is 24.8 Å². The molecule has 216 valence electrons. The molecule has 10 nitrogen and oxygen atoms in total. The minimum atomic E-state index is -1.18. The van der Waals surface area contributed by atoms with Gasteiger partial charge in [0, 0.05) is 43.8 Å². The first-order chi connectivity index (χ1) is 20.0. The van der Waals surface area contributed by atoms with E-state index in [2.05, 4.69) is 20.6 Å². The zero-order chi connectivity index (χ0) is 30.0. The molecule has 3 amide bonds. The average Bonchev–Trinajstić information content (AvgIpc) is 3.59. The summed E-state index contributed by atoms with van der Waals surface area (Å²) in [6.07, 6.45) is 5.21. The number of nitrogens with one attached hydrogen (secondary N) is 3. The van der Waals surface area contributed by atoms with Crippen LogP contribution in [-0.4, -0.2) is 62.8 Å². The van der Waals surface area contributed by atoms with Crippen molar-refractivity contribution in [3.8, 4) is 0 Å². The molecule has 2 unspecified atom stereocenters. The number of hydrogen-bond acceptors (Lipinski definition) is 5. The highest BCUT2D eigenvalue weighted by Gasteiger charge is 2.30. The van der Waals surface area contributed by atoms with Gasteiger partial charge in [-0.1, -0.05) is 54.6 Å². The lowest BCUT2D eigenvalue weighted by molar-refractivity contribution is -0.131. The fourth-order valence-corrected chi connectivity index (χ4v) is 4.89. The van der Waals surface area contributed by atoms with Gasteiger partial charge < -0.3 is 30.8 Å². The van der Waals surface area contributed by atoms with Crippen molar-refractivity contribution in [2.24, 2.45) is 5.73 Å². The summed E-state index contributed by atoms with van der Waals surface area (Å²) in [6, 6.07) is 20.0. The topological polar surface area (TPSA) is 138 Å². The largest absolute Gasteiger partial charge is 0.361 e. The first-order valence-electron chi connectivity index (χ1n) is 13.7.